The van der Waals surface area contributed by atoms with Gasteiger partial charge in [0.05, 0.1) is 0 Å². The van der Waals surface area contributed by atoms with Crippen molar-refractivity contribution < 1.29 is 9.47 Å². The van der Waals surface area contributed by atoms with Crippen LogP contribution >= 0.6 is 0 Å². The molecule has 0 amide bonds. The van der Waals surface area contributed by atoms with Gasteiger partial charge in [-0.15, -0.1) is 0 Å². The Kier molecular flexibility index (Phi) is 3.87. The Morgan fingerprint density at radius 3 is 2.73 bits per heavy atom. The summed E-state index contributed by atoms with van der Waals surface area (Å²) < 4.78 is 9.98. The summed E-state index contributed by atoms with van der Waals surface area (Å²) in [5.41, 5.74) is 0. The maximum atomic E-state index is 5.20. The molecule has 0 aliphatic heterocycles. The summed E-state index contributed by atoms with van der Waals surface area (Å²) in [4.78, 5) is 0. The van der Waals surface area contributed by atoms with Gasteiger partial charge in [0.1, 0.15) is 6.79 Å². The molecule has 0 heterocycles. The summed E-state index contributed by atoms with van der Waals surface area (Å²) >= 11 is 0. The number of methoxy groups -OCH3 is 1. The highest BCUT2D eigenvalue weighted by Gasteiger charge is 2.34. The van der Waals surface area contributed by atoms with Gasteiger partial charge in [0.15, 0.2) is 0 Å². The van der Waals surface area contributed by atoms with E-state index in [0.717, 1.165) is 18.4 Å². The van der Waals surface area contributed by atoms with Crippen LogP contribution in [0.4, 0.5) is 0 Å². The van der Waals surface area contributed by atoms with Gasteiger partial charge < -0.3 is 9.47 Å². The van der Waals surface area contributed by atoms with E-state index < -0.39 is 0 Å². The van der Waals surface area contributed by atoms with Crippen molar-refractivity contribution >= 4 is 0 Å². The lowest BCUT2D eigenvalue weighted by Crippen LogP contribution is -1.99. The summed E-state index contributed by atoms with van der Waals surface area (Å²) in [5.74, 6) is 1.96. The minimum atomic E-state index is 0.448. The van der Waals surface area contributed by atoms with Crippen molar-refractivity contribution in [2.24, 2.45) is 11.8 Å². The van der Waals surface area contributed by atoms with Crippen molar-refractivity contribution in [3.8, 4) is 0 Å². The lowest BCUT2D eigenvalue weighted by atomic mass is 10.2. The lowest BCUT2D eigenvalue weighted by Gasteiger charge is -2.00. The quantitative estimate of drug-likeness (QED) is 0.435. The zero-order valence-electron chi connectivity index (χ0n) is 7.51. The molecular weight excluding hydrogens is 140 g/mol. The van der Waals surface area contributed by atoms with E-state index in [9.17, 15) is 0 Å². The number of rotatable bonds is 6. The fourth-order valence-corrected chi connectivity index (χ4v) is 1.54. The molecule has 0 bridgehead atoms. The molecule has 0 spiro atoms. The first-order valence-electron chi connectivity index (χ1n) is 4.45. The van der Waals surface area contributed by atoms with E-state index in [1.807, 2.05) is 0 Å². The first kappa shape index (κ1) is 9.01. The van der Waals surface area contributed by atoms with E-state index in [1.54, 1.807) is 7.11 Å². The third kappa shape index (κ3) is 3.21. The highest BCUT2D eigenvalue weighted by Crippen LogP contribution is 2.43. The molecule has 1 fully saturated rings. The van der Waals surface area contributed by atoms with Crippen LogP contribution in [-0.2, 0) is 9.47 Å². The Hall–Kier alpha value is -0.0800. The molecule has 0 aromatic heterocycles. The van der Waals surface area contributed by atoms with Crippen LogP contribution in [0.1, 0.15) is 26.2 Å². The Bertz CT molecular complexity index is 104. The summed E-state index contributed by atoms with van der Waals surface area (Å²) in [6.45, 7) is 3.58. The minimum absolute atomic E-state index is 0.448. The van der Waals surface area contributed by atoms with Crippen LogP contribution in [0.2, 0.25) is 0 Å². The number of hydrogen-bond acceptors (Lipinski definition) is 2. The van der Waals surface area contributed by atoms with E-state index in [0.29, 0.717) is 6.79 Å². The van der Waals surface area contributed by atoms with Gasteiger partial charge in [-0.05, 0) is 24.7 Å². The van der Waals surface area contributed by atoms with Crippen molar-refractivity contribution in [3.05, 3.63) is 0 Å². The first-order chi connectivity index (χ1) is 5.38. The van der Waals surface area contributed by atoms with Crippen molar-refractivity contribution in [3.63, 3.8) is 0 Å². The molecule has 1 saturated carbocycles. The standard InChI is InChI=1S/C9H18O2/c1-3-8-6-9(8)4-5-11-7-10-2/h8-9H,3-7H2,1-2H3. The normalized spacial score (nSPS) is 28.9. The predicted molar refractivity (Wildman–Crippen MR) is 44.3 cm³/mol. The van der Waals surface area contributed by atoms with Gasteiger partial charge in [-0.3, -0.25) is 0 Å². The van der Waals surface area contributed by atoms with E-state index in [4.69, 9.17) is 9.47 Å². The van der Waals surface area contributed by atoms with E-state index >= 15 is 0 Å². The highest BCUT2D eigenvalue weighted by molar-refractivity contribution is 4.84. The molecule has 2 heteroatoms. The zero-order chi connectivity index (χ0) is 8.10. The zero-order valence-corrected chi connectivity index (χ0v) is 7.51. The Labute approximate surface area is 68.9 Å². The van der Waals surface area contributed by atoms with Gasteiger partial charge in [-0.25, -0.2) is 0 Å². The van der Waals surface area contributed by atoms with Gasteiger partial charge in [-0.2, -0.15) is 0 Å². The molecule has 1 aliphatic rings. The lowest BCUT2D eigenvalue weighted by molar-refractivity contribution is -0.0325. The minimum Gasteiger partial charge on any atom is -0.359 e. The molecule has 0 saturated heterocycles. The molecule has 0 N–H and O–H groups in total. The van der Waals surface area contributed by atoms with Crippen LogP contribution in [0.25, 0.3) is 0 Å². The molecule has 1 aliphatic carbocycles. The van der Waals surface area contributed by atoms with Crippen LogP contribution in [0.3, 0.4) is 0 Å². The molecule has 11 heavy (non-hydrogen) atoms. The third-order valence-corrected chi connectivity index (χ3v) is 2.43. The van der Waals surface area contributed by atoms with Gasteiger partial charge in [0.25, 0.3) is 0 Å². The smallest absolute Gasteiger partial charge is 0.146 e. The predicted octanol–water partition coefficient (Wildman–Crippen LogP) is 2.04. The van der Waals surface area contributed by atoms with Gasteiger partial charge >= 0.3 is 0 Å². The Morgan fingerprint density at radius 1 is 1.36 bits per heavy atom. The molecule has 0 aromatic carbocycles. The summed E-state index contributed by atoms with van der Waals surface area (Å²) in [7, 11) is 1.66. The van der Waals surface area contributed by atoms with Crippen molar-refractivity contribution in [1.82, 2.24) is 0 Å². The summed E-state index contributed by atoms with van der Waals surface area (Å²) in [6.07, 6.45) is 3.99. The average molecular weight is 158 g/mol. The van der Waals surface area contributed by atoms with Gasteiger partial charge in [0, 0.05) is 13.7 Å². The molecule has 1 rings (SSSR count). The van der Waals surface area contributed by atoms with Gasteiger partial charge in [0.2, 0.25) is 0 Å². The van der Waals surface area contributed by atoms with Crippen LogP contribution in [-0.4, -0.2) is 20.5 Å². The third-order valence-electron chi connectivity index (χ3n) is 2.43. The number of ether oxygens (including phenoxy) is 2. The second kappa shape index (κ2) is 4.73. The van der Waals surface area contributed by atoms with Crippen LogP contribution in [0, 0.1) is 11.8 Å². The molecular formula is C9H18O2. The van der Waals surface area contributed by atoms with Crippen LogP contribution in [0.15, 0.2) is 0 Å². The molecule has 2 nitrogen and oxygen atoms in total. The Morgan fingerprint density at radius 2 is 2.18 bits per heavy atom. The first-order valence-corrected chi connectivity index (χ1v) is 4.45. The second-order valence-electron chi connectivity index (χ2n) is 3.27. The van der Waals surface area contributed by atoms with Crippen molar-refractivity contribution in [1.29, 1.82) is 0 Å². The molecule has 0 radical (unpaired) electrons. The molecule has 2 unspecified atom stereocenters. The van der Waals surface area contributed by atoms with E-state index in [1.165, 1.54) is 19.3 Å². The SMILES string of the molecule is CCC1CC1CCOCOC. The highest BCUT2D eigenvalue weighted by atomic mass is 16.7. The second-order valence-corrected chi connectivity index (χ2v) is 3.27. The van der Waals surface area contributed by atoms with E-state index in [2.05, 4.69) is 6.92 Å². The van der Waals surface area contributed by atoms with Crippen LogP contribution in [0.5, 0.6) is 0 Å². The summed E-state index contributed by atoms with van der Waals surface area (Å²) in [6, 6.07) is 0. The monoisotopic (exact) mass is 158 g/mol. The summed E-state index contributed by atoms with van der Waals surface area (Å²) in [5, 5.41) is 0. The largest absolute Gasteiger partial charge is 0.359 e. The number of hydrogen-bond donors (Lipinski definition) is 0. The Balaban J connectivity index is 1.82. The maximum Gasteiger partial charge on any atom is 0.146 e. The van der Waals surface area contributed by atoms with E-state index in [-0.39, 0.29) is 0 Å². The molecule has 2 atom stereocenters. The van der Waals surface area contributed by atoms with Crippen LogP contribution < -0.4 is 0 Å². The van der Waals surface area contributed by atoms with Crippen molar-refractivity contribution in [2.45, 2.75) is 26.2 Å². The molecule has 0 aromatic rings. The van der Waals surface area contributed by atoms with Crippen molar-refractivity contribution in [2.75, 3.05) is 20.5 Å². The fraction of sp³-hybridized carbons (Fsp3) is 1.00. The van der Waals surface area contributed by atoms with Gasteiger partial charge in [-0.1, -0.05) is 13.3 Å². The topological polar surface area (TPSA) is 18.5 Å². The maximum absolute atomic E-state index is 5.20. The fourth-order valence-electron chi connectivity index (χ4n) is 1.54. The molecule has 66 valence electrons. The average Bonchev–Trinajstić information content (AvgIpc) is 2.77.